The van der Waals surface area contributed by atoms with E-state index in [4.69, 9.17) is 0 Å². The number of nitrogens with zero attached hydrogens (tertiary/aromatic N) is 5. The molecule has 4 heterocycles. The zero-order chi connectivity index (χ0) is 18.1. The third-order valence-corrected chi connectivity index (χ3v) is 5.99. The van der Waals surface area contributed by atoms with Crippen LogP contribution in [-0.2, 0) is 0 Å². The van der Waals surface area contributed by atoms with Crippen molar-refractivity contribution in [3.8, 4) is 0 Å². The van der Waals surface area contributed by atoms with E-state index in [2.05, 4.69) is 44.0 Å². The third-order valence-electron chi connectivity index (χ3n) is 4.87. The van der Waals surface area contributed by atoms with Crippen molar-refractivity contribution in [1.82, 2.24) is 25.3 Å². The summed E-state index contributed by atoms with van der Waals surface area (Å²) in [7, 11) is 0. The lowest BCUT2D eigenvalue weighted by atomic mass is 10.0. The van der Waals surface area contributed by atoms with Crippen molar-refractivity contribution in [2.75, 3.05) is 18.0 Å². The highest BCUT2D eigenvalue weighted by Gasteiger charge is 2.24. The van der Waals surface area contributed by atoms with Gasteiger partial charge in [-0.15, -0.1) is 11.3 Å². The Morgan fingerprint density at radius 1 is 1.19 bits per heavy atom. The minimum Gasteiger partial charge on any atom is -0.356 e. The van der Waals surface area contributed by atoms with Gasteiger partial charge in [0, 0.05) is 36.4 Å². The van der Waals surface area contributed by atoms with Gasteiger partial charge in [-0.3, -0.25) is 9.78 Å². The Hall–Kier alpha value is -2.61. The quantitative estimate of drug-likeness (QED) is 0.765. The summed E-state index contributed by atoms with van der Waals surface area (Å²) in [5.74, 6) is 0.848. The molecule has 1 fully saturated rings. The summed E-state index contributed by atoms with van der Waals surface area (Å²) in [6, 6.07) is 0.142. The van der Waals surface area contributed by atoms with Crippen molar-refractivity contribution in [3.05, 3.63) is 41.1 Å². The molecule has 134 valence electrons. The van der Waals surface area contributed by atoms with Crippen molar-refractivity contribution >= 4 is 33.3 Å². The summed E-state index contributed by atoms with van der Waals surface area (Å²) in [6.07, 6.45) is 7.98. The molecule has 0 aliphatic carbocycles. The molecule has 1 aliphatic rings. The Morgan fingerprint density at radius 2 is 2.00 bits per heavy atom. The maximum absolute atomic E-state index is 12.2. The molecule has 3 aromatic rings. The summed E-state index contributed by atoms with van der Waals surface area (Å²) in [4.78, 5) is 33.8. The minimum absolute atomic E-state index is 0.142. The molecule has 4 rings (SSSR count). The van der Waals surface area contributed by atoms with Crippen LogP contribution in [0.25, 0.3) is 10.2 Å². The molecule has 1 aliphatic heterocycles. The van der Waals surface area contributed by atoms with Crippen LogP contribution in [0.15, 0.2) is 24.9 Å². The highest BCUT2D eigenvalue weighted by Crippen LogP contribution is 2.35. The van der Waals surface area contributed by atoms with Crippen molar-refractivity contribution < 1.29 is 4.79 Å². The lowest BCUT2D eigenvalue weighted by molar-refractivity contribution is 0.0925. The van der Waals surface area contributed by atoms with Crippen LogP contribution >= 0.6 is 11.3 Å². The molecule has 7 nitrogen and oxygen atoms in total. The van der Waals surface area contributed by atoms with Crippen LogP contribution < -0.4 is 10.2 Å². The first-order chi connectivity index (χ1) is 12.6. The van der Waals surface area contributed by atoms with Gasteiger partial charge >= 0.3 is 0 Å². The van der Waals surface area contributed by atoms with Crippen molar-refractivity contribution in [1.29, 1.82) is 0 Å². The number of fused-ring (bicyclic) bond motifs is 1. The molecule has 26 heavy (non-hydrogen) atoms. The van der Waals surface area contributed by atoms with Gasteiger partial charge in [-0.1, -0.05) is 0 Å². The zero-order valence-corrected chi connectivity index (χ0v) is 15.6. The van der Waals surface area contributed by atoms with Crippen molar-refractivity contribution in [3.63, 3.8) is 0 Å². The Bertz CT molecular complexity index is 934. The van der Waals surface area contributed by atoms with Gasteiger partial charge in [-0.2, -0.15) is 0 Å². The fourth-order valence-corrected chi connectivity index (χ4v) is 4.31. The molecule has 0 spiro atoms. The second kappa shape index (κ2) is 6.95. The van der Waals surface area contributed by atoms with Crippen LogP contribution in [0.1, 0.15) is 33.8 Å². The number of hydrogen-bond acceptors (Lipinski definition) is 7. The Kier molecular flexibility index (Phi) is 4.50. The molecular weight excluding hydrogens is 348 g/mol. The number of rotatable bonds is 3. The molecule has 1 saturated heterocycles. The normalized spacial score (nSPS) is 15.4. The predicted octanol–water partition coefficient (Wildman–Crippen LogP) is 2.50. The van der Waals surface area contributed by atoms with Gasteiger partial charge in [0.25, 0.3) is 5.91 Å². The maximum atomic E-state index is 12.2. The van der Waals surface area contributed by atoms with Gasteiger partial charge in [-0.25, -0.2) is 15.0 Å². The Morgan fingerprint density at radius 3 is 2.73 bits per heavy atom. The highest BCUT2D eigenvalue weighted by molar-refractivity contribution is 7.18. The van der Waals surface area contributed by atoms with E-state index < -0.39 is 0 Å². The molecule has 8 heteroatoms. The topological polar surface area (TPSA) is 83.9 Å². The molecule has 1 amide bonds. The van der Waals surface area contributed by atoms with E-state index in [0.717, 1.165) is 42.0 Å². The average molecular weight is 368 g/mol. The van der Waals surface area contributed by atoms with Gasteiger partial charge in [0.15, 0.2) is 0 Å². The van der Waals surface area contributed by atoms with Crippen LogP contribution in [0.3, 0.4) is 0 Å². The van der Waals surface area contributed by atoms with Gasteiger partial charge in [0.05, 0.1) is 11.6 Å². The standard InChI is InChI=1S/C18H20N6OS/c1-11-12(2)26-18-15(11)16(21-10-22-18)24-7-3-13(4-8-24)23-17(25)14-9-19-5-6-20-14/h5-6,9-10,13H,3-4,7-8H2,1-2H3,(H,23,25). The first-order valence-corrected chi connectivity index (χ1v) is 9.47. The minimum atomic E-state index is -0.162. The lowest BCUT2D eigenvalue weighted by Gasteiger charge is -2.33. The smallest absolute Gasteiger partial charge is 0.271 e. The van der Waals surface area contributed by atoms with E-state index in [1.165, 1.54) is 22.8 Å². The molecule has 1 N–H and O–H groups in total. The molecule has 0 unspecified atom stereocenters. The number of anilines is 1. The predicted molar refractivity (Wildman–Crippen MR) is 102 cm³/mol. The Balaban J connectivity index is 1.45. The Labute approximate surface area is 155 Å². The van der Waals surface area contributed by atoms with E-state index in [1.54, 1.807) is 23.9 Å². The highest BCUT2D eigenvalue weighted by atomic mass is 32.1. The monoisotopic (exact) mass is 368 g/mol. The van der Waals surface area contributed by atoms with Crippen LogP contribution in [0.5, 0.6) is 0 Å². The van der Waals surface area contributed by atoms with E-state index in [9.17, 15) is 4.79 Å². The summed E-state index contributed by atoms with van der Waals surface area (Å²) < 4.78 is 0. The number of aryl methyl sites for hydroxylation is 2. The first-order valence-electron chi connectivity index (χ1n) is 8.66. The number of carbonyl (C=O) groups is 1. The summed E-state index contributed by atoms with van der Waals surface area (Å²) in [5.41, 5.74) is 1.62. The molecule has 0 aromatic carbocycles. The van der Waals surface area contributed by atoms with E-state index >= 15 is 0 Å². The molecule has 0 saturated carbocycles. The van der Waals surface area contributed by atoms with Gasteiger partial charge in [-0.05, 0) is 32.3 Å². The van der Waals surface area contributed by atoms with E-state index in [-0.39, 0.29) is 11.9 Å². The summed E-state index contributed by atoms with van der Waals surface area (Å²) in [6.45, 7) is 5.96. The van der Waals surface area contributed by atoms with Crippen LogP contribution in [-0.4, -0.2) is 45.0 Å². The van der Waals surface area contributed by atoms with Crippen LogP contribution in [0.2, 0.25) is 0 Å². The average Bonchev–Trinajstić information content (AvgIpc) is 2.97. The van der Waals surface area contributed by atoms with Crippen molar-refractivity contribution in [2.24, 2.45) is 0 Å². The summed E-state index contributed by atoms with van der Waals surface area (Å²) in [5, 5.41) is 4.22. The second-order valence-electron chi connectivity index (χ2n) is 6.49. The molecule has 3 aromatic heterocycles. The number of piperidine rings is 1. The number of aromatic nitrogens is 4. The number of nitrogens with one attached hydrogen (secondary N) is 1. The van der Waals surface area contributed by atoms with E-state index in [0.29, 0.717) is 5.69 Å². The SMILES string of the molecule is Cc1sc2ncnc(N3CCC(NC(=O)c4cnccn4)CC3)c2c1C. The molecule has 0 bridgehead atoms. The third kappa shape index (κ3) is 3.12. The van der Waals surface area contributed by atoms with E-state index in [1.807, 2.05) is 0 Å². The van der Waals surface area contributed by atoms with Gasteiger partial charge < -0.3 is 10.2 Å². The fraction of sp³-hybridized carbons (Fsp3) is 0.389. The molecular formula is C18H20N6OS. The first kappa shape index (κ1) is 16.8. The number of amides is 1. The van der Waals surface area contributed by atoms with Crippen LogP contribution in [0, 0.1) is 13.8 Å². The second-order valence-corrected chi connectivity index (χ2v) is 7.69. The number of hydrogen-bond donors (Lipinski definition) is 1. The zero-order valence-electron chi connectivity index (χ0n) is 14.8. The maximum Gasteiger partial charge on any atom is 0.271 e. The van der Waals surface area contributed by atoms with Crippen molar-refractivity contribution in [2.45, 2.75) is 32.7 Å². The van der Waals surface area contributed by atoms with Gasteiger partial charge in [0.1, 0.15) is 22.7 Å². The summed E-state index contributed by atoms with van der Waals surface area (Å²) >= 11 is 1.72. The lowest BCUT2D eigenvalue weighted by Crippen LogP contribution is -2.45. The molecule has 0 radical (unpaired) electrons. The van der Waals surface area contributed by atoms with Gasteiger partial charge in [0.2, 0.25) is 0 Å². The number of carbonyl (C=O) groups excluding carboxylic acids is 1. The van der Waals surface area contributed by atoms with Crippen LogP contribution in [0.4, 0.5) is 5.82 Å². The number of thiophene rings is 1. The molecule has 0 atom stereocenters. The largest absolute Gasteiger partial charge is 0.356 e. The fourth-order valence-electron chi connectivity index (χ4n) is 3.31.